The van der Waals surface area contributed by atoms with E-state index in [4.69, 9.17) is 0 Å². The van der Waals surface area contributed by atoms with Gasteiger partial charge in [-0.05, 0) is 63.5 Å². The zero-order chi connectivity index (χ0) is 16.9. The summed E-state index contributed by atoms with van der Waals surface area (Å²) in [6.07, 6.45) is 9.32. The van der Waals surface area contributed by atoms with E-state index in [0.717, 1.165) is 44.6 Å². The first-order valence-electron chi connectivity index (χ1n) is 9.66. The van der Waals surface area contributed by atoms with Crippen molar-refractivity contribution in [3.05, 3.63) is 17.8 Å². The van der Waals surface area contributed by atoms with Crippen LogP contribution in [0.2, 0.25) is 0 Å². The Balaban J connectivity index is 1.72. The standard InChI is InChI=1S/C19H30N4O/c1-3-15-9-5-7-13-22(15)18-12-11-17(20-21-18)19(24)23-14-8-6-10-16(23)4-2/h11-12,15-16H,3-10,13-14H2,1-2H3. The van der Waals surface area contributed by atoms with E-state index in [-0.39, 0.29) is 5.91 Å². The van der Waals surface area contributed by atoms with Gasteiger partial charge in [0.1, 0.15) is 0 Å². The molecule has 0 saturated carbocycles. The minimum Gasteiger partial charge on any atom is -0.352 e. The fraction of sp³-hybridized carbons (Fsp3) is 0.737. The number of hydrogen-bond acceptors (Lipinski definition) is 4. The van der Waals surface area contributed by atoms with Crippen molar-refractivity contribution in [3.8, 4) is 0 Å². The Morgan fingerprint density at radius 1 is 1.00 bits per heavy atom. The number of piperidine rings is 2. The molecule has 2 atom stereocenters. The number of amides is 1. The predicted octanol–water partition coefficient (Wildman–Crippen LogP) is 3.65. The van der Waals surface area contributed by atoms with Gasteiger partial charge in [-0.3, -0.25) is 4.79 Å². The van der Waals surface area contributed by atoms with E-state index in [1.165, 1.54) is 25.7 Å². The quantitative estimate of drug-likeness (QED) is 0.845. The Morgan fingerprint density at radius 3 is 2.38 bits per heavy atom. The van der Waals surface area contributed by atoms with Crippen molar-refractivity contribution in [3.63, 3.8) is 0 Å². The zero-order valence-electron chi connectivity index (χ0n) is 15.1. The second-order valence-corrected chi connectivity index (χ2v) is 7.08. The van der Waals surface area contributed by atoms with E-state index >= 15 is 0 Å². The highest BCUT2D eigenvalue weighted by molar-refractivity contribution is 5.92. The van der Waals surface area contributed by atoms with E-state index in [1.807, 2.05) is 17.0 Å². The lowest BCUT2D eigenvalue weighted by Crippen LogP contribution is -2.44. The second-order valence-electron chi connectivity index (χ2n) is 7.08. The van der Waals surface area contributed by atoms with Crippen LogP contribution in [0.5, 0.6) is 0 Å². The molecule has 3 heterocycles. The van der Waals surface area contributed by atoms with Gasteiger partial charge in [-0.1, -0.05) is 13.8 Å². The van der Waals surface area contributed by atoms with E-state index in [2.05, 4.69) is 28.9 Å². The summed E-state index contributed by atoms with van der Waals surface area (Å²) in [5.74, 6) is 0.968. The lowest BCUT2D eigenvalue weighted by atomic mass is 9.99. The van der Waals surface area contributed by atoms with Gasteiger partial charge in [-0.2, -0.15) is 0 Å². The van der Waals surface area contributed by atoms with Gasteiger partial charge in [0.05, 0.1) is 0 Å². The highest BCUT2D eigenvalue weighted by Gasteiger charge is 2.28. The van der Waals surface area contributed by atoms with Crippen molar-refractivity contribution in [2.45, 2.75) is 77.3 Å². The van der Waals surface area contributed by atoms with Crippen LogP contribution in [0.1, 0.15) is 75.7 Å². The minimum atomic E-state index is 0.0475. The number of aromatic nitrogens is 2. The molecule has 2 aliphatic heterocycles. The maximum Gasteiger partial charge on any atom is 0.274 e. The minimum absolute atomic E-state index is 0.0475. The van der Waals surface area contributed by atoms with Crippen LogP contribution < -0.4 is 4.90 Å². The molecule has 0 N–H and O–H groups in total. The summed E-state index contributed by atoms with van der Waals surface area (Å²) in [4.78, 5) is 17.2. The first kappa shape index (κ1) is 17.2. The van der Waals surface area contributed by atoms with Gasteiger partial charge < -0.3 is 9.80 Å². The maximum atomic E-state index is 12.8. The summed E-state index contributed by atoms with van der Waals surface area (Å²) in [6, 6.07) is 4.77. The third-order valence-electron chi connectivity index (χ3n) is 5.62. The molecule has 0 aromatic carbocycles. The zero-order valence-corrected chi connectivity index (χ0v) is 15.1. The van der Waals surface area contributed by atoms with Gasteiger partial charge in [0.25, 0.3) is 5.91 Å². The van der Waals surface area contributed by atoms with E-state index in [0.29, 0.717) is 17.8 Å². The van der Waals surface area contributed by atoms with Crippen molar-refractivity contribution in [1.82, 2.24) is 15.1 Å². The fourth-order valence-electron chi connectivity index (χ4n) is 4.16. The number of anilines is 1. The van der Waals surface area contributed by atoms with Crippen LogP contribution in [-0.4, -0.2) is 46.2 Å². The second kappa shape index (κ2) is 7.95. The Labute approximate surface area is 145 Å². The average molecular weight is 330 g/mol. The van der Waals surface area contributed by atoms with Crippen LogP contribution in [-0.2, 0) is 0 Å². The molecule has 0 bridgehead atoms. The number of nitrogens with zero attached hydrogens (tertiary/aromatic N) is 4. The van der Waals surface area contributed by atoms with Gasteiger partial charge in [0, 0.05) is 25.2 Å². The third kappa shape index (κ3) is 3.55. The molecule has 0 aliphatic carbocycles. The molecule has 3 rings (SSSR count). The van der Waals surface area contributed by atoms with Gasteiger partial charge >= 0.3 is 0 Å². The summed E-state index contributed by atoms with van der Waals surface area (Å²) < 4.78 is 0. The fourth-order valence-corrected chi connectivity index (χ4v) is 4.16. The number of carbonyl (C=O) groups is 1. The number of carbonyl (C=O) groups excluding carboxylic acids is 1. The van der Waals surface area contributed by atoms with Crippen LogP contribution in [0.25, 0.3) is 0 Å². The summed E-state index contributed by atoms with van der Waals surface area (Å²) in [5, 5.41) is 8.68. The summed E-state index contributed by atoms with van der Waals surface area (Å²) >= 11 is 0. The Kier molecular flexibility index (Phi) is 5.69. The molecule has 1 amide bonds. The van der Waals surface area contributed by atoms with E-state index < -0.39 is 0 Å². The Bertz CT molecular complexity index is 545. The summed E-state index contributed by atoms with van der Waals surface area (Å²) in [6.45, 7) is 6.29. The van der Waals surface area contributed by atoms with E-state index in [9.17, 15) is 4.79 Å². The smallest absolute Gasteiger partial charge is 0.274 e. The lowest BCUT2D eigenvalue weighted by Gasteiger charge is -2.36. The average Bonchev–Trinajstić information content (AvgIpc) is 2.67. The topological polar surface area (TPSA) is 49.3 Å². The molecule has 0 spiro atoms. The normalized spacial score (nSPS) is 24.9. The Morgan fingerprint density at radius 2 is 1.71 bits per heavy atom. The molecular formula is C19H30N4O. The number of hydrogen-bond donors (Lipinski definition) is 0. The monoisotopic (exact) mass is 330 g/mol. The molecule has 2 fully saturated rings. The predicted molar refractivity (Wildman–Crippen MR) is 96.3 cm³/mol. The van der Waals surface area contributed by atoms with Crippen molar-refractivity contribution in [2.75, 3.05) is 18.0 Å². The third-order valence-corrected chi connectivity index (χ3v) is 5.62. The first-order chi connectivity index (χ1) is 11.7. The van der Waals surface area contributed by atoms with Crippen molar-refractivity contribution >= 4 is 11.7 Å². The van der Waals surface area contributed by atoms with Gasteiger partial charge in [-0.25, -0.2) is 0 Å². The summed E-state index contributed by atoms with van der Waals surface area (Å²) in [7, 11) is 0. The van der Waals surface area contributed by atoms with Gasteiger partial charge in [0.15, 0.2) is 11.5 Å². The Hall–Kier alpha value is -1.65. The van der Waals surface area contributed by atoms with Gasteiger partial charge in [0.2, 0.25) is 0 Å². The highest BCUT2D eigenvalue weighted by atomic mass is 16.2. The molecule has 1 aromatic heterocycles. The molecule has 5 heteroatoms. The van der Waals surface area contributed by atoms with Crippen molar-refractivity contribution < 1.29 is 4.79 Å². The van der Waals surface area contributed by atoms with Crippen LogP contribution in [0.3, 0.4) is 0 Å². The van der Waals surface area contributed by atoms with Crippen LogP contribution in [0.15, 0.2) is 12.1 Å². The molecule has 0 radical (unpaired) electrons. The molecule has 5 nitrogen and oxygen atoms in total. The van der Waals surface area contributed by atoms with Crippen LogP contribution >= 0.6 is 0 Å². The number of likely N-dealkylation sites (tertiary alicyclic amines) is 1. The molecule has 24 heavy (non-hydrogen) atoms. The maximum absolute atomic E-state index is 12.8. The largest absolute Gasteiger partial charge is 0.352 e. The van der Waals surface area contributed by atoms with Crippen LogP contribution in [0.4, 0.5) is 5.82 Å². The van der Waals surface area contributed by atoms with Crippen molar-refractivity contribution in [1.29, 1.82) is 0 Å². The molecular weight excluding hydrogens is 300 g/mol. The lowest BCUT2D eigenvalue weighted by molar-refractivity contribution is 0.0600. The SMILES string of the molecule is CCC1CCCCN1C(=O)c1ccc(N2CCCCC2CC)nn1. The molecule has 2 saturated heterocycles. The summed E-state index contributed by atoms with van der Waals surface area (Å²) in [5.41, 5.74) is 0.490. The van der Waals surface area contributed by atoms with E-state index in [1.54, 1.807) is 0 Å². The highest BCUT2D eigenvalue weighted by Crippen LogP contribution is 2.25. The first-order valence-corrected chi connectivity index (χ1v) is 9.66. The molecule has 2 unspecified atom stereocenters. The number of rotatable bonds is 4. The van der Waals surface area contributed by atoms with Crippen LogP contribution in [0, 0.1) is 0 Å². The van der Waals surface area contributed by atoms with Gasteiger partial charge in [-0.15, -0.1) is 10.2 Å². The van der Waals surface area contributed by atoms with Crippen molar-refractivity contribution in [2.24, 2.45) is 0 Å². The molecule has 2 aliphatic rings. The molecule has 1 aromatic rings. The molecule has 132 valence electrons.